The molecule has 2 heteroatoms. The molecule has 1 aromatic carbocycles. The van der Waals surface area contributed by atoms with Gasteiger partial charge in [0.05, 0.1) is 7.11 Å². The van der Waals surface area contributed by atoms with Crippen LogP contribution in [0.5, 0.6) is 5.75 Å². The molecule has 11 heavy (non-hydrogen) atoms. The summed E-state index contributed by atoms with van der Waals surface area (Å²) in [4.78, 5) is 0. The van der Waals surface area contributed by atoms with E-state index in [1.165, 1.54) is 0 Å². The van der Waals surface area contributed by atoms with Gasteiger partial charge in [-0.05, 0) is 18.1 Å². The van der Waals surface area contributed by atoms with Crippen LogP contribution in [0.2, 0.25) is 0 Å². The zero-order valence-electron chi connectivity index (χ0n) is 6.63. The highest BCUT2D eigenvalue weighted by atomic mass is 16.5. The molecule has 1 N–H and O–H groups in total. The Morgan fingerprint density at radius 3 is 2.73 bits per heavy atom. The van der Waals surface area contributed by atoms with E-state index >= 15 is 0 Å². The fraction of sp³-hybridized carbons (Fsp3) is 0.333. The van der Waals surface area contributed by atoms with Gasteiger partial charge in [0, 0.05) is 6.54 Å². The number of hydrogen-bond donors (Lipinski definition) is 0. The van der Waals surface area contributed by atoms with Crippen LogP contribution in [0, 0.1) is 0 Å². The van der Waals surface area contributed by atoms with Gasteiger partial charge in [0.1, 0.15) is 5.75 Å². The second kappa shape index (κ2) is 3.98. The standard InChI is InChI=1S/C9H12NO/c1-11-9-5-3-2-4-8(9)6-7-10/h2-5,10H,6-7H2,1H3. The largest absolute Gasteiger partial charge is 0.496 e. The Morgan fingerprint density at radius 2 is 2.09 bits per heavy atom. The minimum atomic E-state index is 0.417. The predicted molar refractivity (Wildman–Crippen MR) is 44.7 cm³/mol. The molecule has 0 bridgehead atoms. The van der Waals surface area contributed by atoms with Crippen molar-refractivity contribution in [1.29, 1.82) is 0 Å². The van der Waals surface area contributed by atoms with Gasteiger partial charge in [0.25, 0.3) is 0 Å². The zero-order chi connectivity index (χ0) is 8.10. The monoisotopic (exact) mass is 150 g/mol. The first kappa shape index (κ1) is 8.08. The van der Waals surface area contributed by atoms with Crippen LogP contribution in [0.3, 0.4) is 0 Å². The van der Waals surface area contributed by atoms with Crippen LogP contribution in [0.25, 0.3) is 0 Å². The Balaban J connectivity index is 2.83. The van der Waals surface area contributed by atoms with E-state index in [2.05, 4.69) is 0 Å². The quantitative estimate of drug-likeness (QED) is 0.643. The molecule has 0 atom stereocenters. The van der Waals surface area contributed by atoms with Gasteiger partial charge in [-0.15, -0.1) is 0 Å². The molecule has 0 fully saturated rings. The summed E-state index contributed by atoms with van der Waals surface area (Å²) in [5.41, 5.74) is 8.17. The van der Waals surface area contributed by atoms with Crippen LogP contribution >= 0.6 is 0 Å². The number of rotatable bonds is 3. The van der Waals surface area contributed by atoms with Crippen molar-refractivity contribution in [3.8, 4) is 5.75 Å². The van der Waals surface area contributed by atoms with Crippen LogP contribution in [0.15, 0.2) is 24.3 Å². The molecular weight excluding hydrogens is 138 g/mol. The van der Waals surface area contributed by atoms with Gasteiger partial charge in [0.2, 0.25) is 0 Å². The number of hydrogen-bond acceptors (Lipinski definition) is 1. The molecule has 0 aliphatic rings. The van der Waals surface area contributed by atoms with Crippen molar-refractivity contribution >= 4 is 0 Å². The van der Waals surface area contributed by atoms with Gasteiger partial charge >= 0.3 is 0 Å². The minimum Gasteiger partial charge on any atom is -0.496 e. The lowest BCUT2D eigenvalue weighted by Crippen LogP contribution is -1.95. The first-order valence-corrected chi connectivity index (χ1v) is 3.65. The molecule has 1 aromatic rings. The molecule has 0 unspecified atom stereocenters. The van der Waals surface area contributed by atoms with Crippen molar-refractivity contribution in [2.45, 2.75) is 6.42 Å². The third-order valence-corrected chi connectivity index (χ3v) is 1.59. The molecule has 0 aliphatic carbocycles. The van der Waals surface area contributed by atoms with E-state index in [0.717, 1.165) is 17.7 Å². The summed E-state index contributed by atoms with van der Waals surface area (Å²) in [6, 6.07) is 7.82. The van der Waals surface area contributed by atoms with E-state index < -0.39 is 0 Å². The Kier molecular flexibility index (Phi) is 2.93. The van der Waals surface area contributed by atoms with Gasteiger partial charge in [-0.1, -0.05) is 18.2 Å². The topological polar surface area (TPSA) is 33.0 Å². The normalized spacial score (nSPS) is 9.64. The predicted octanol–water partition coefficient (Wildman–Crippen LogP) is 1.52. The maximum absolute atomic E-state index is 7.06. The number of ether oxygens (including phenoxy) is 1. The second-order valence-electron chi connectivity index (χ2n) is 2.31. The fourth-order valence-corrected chi connectivity index (χ4v) is 1.04. The molecule has 0 saturated carbocycles. The van der Waals surface area contributed by atoms with Crippen LogP contribution in [-0.4, -0.2) is 13.7 Å². The molecule has 2 nitrogen and oxygen atoms in total. The van der Waals surface area contributed by atoms with Crippen molar-refractivity contribution in [2.24, 2.45) is 0 Å². The third kappa shape index (κ3) is 1.95. The molecule has 0 amide bonds. The lowest BCUT2D eigenvalue weighted by Gasteiger charge is -2.05. The summed E-state index contributed by atoms with van der Waals surface area (Å²) in [6.45, 7) is 0.417. The lowest BCUT2D eigenvalue weighted by molar-refractivity contribution is 0.409. The summed E-state index contributed by atoms with van der Waals surface area (Å²) < 4.78 is 5.11. The fourth-order valence-electron chi connectivity index (χ4n) is 1.04. The molecule has 0 heterocycles. The summed E-state index contributed by atoms with van der Waals surface area (Å²) >= 11 is 0. The Morgan fingerprint density at radius 1 is 1.36 bits per heavy atom. The van der Waals surface area contributed by atoms with E-state index in [9.17, 15) is 0 Å². The first-order chi connectivity index (χ1) is 5.38. The van der Waals surface area contributed by atoms with E-state index in [0.29, 0.717) is 6.54 Å². The summed E-state index contributed by atoms with van der Waals surface area (Å²) in [7, 11) is 1.66. The molecule has 59 valence electrons. The van der Waals surface area contributed by atoms with Crippen LogP contribution in [0.4, 0.5) is 0 Å². The van der Waals surface area contributed by atoms with E-state index in [4.69, 9.17) is 10.5 Å². The SMILES string of the molecule is COc1ccccc1CC[NH]. The molecule has 0 aliphatic heterocycles. The van der Waals surface area contributed by atoms with Gasteiger partial charge in [-0.3, -0.25) is 5.73 Å². The summed E-state index contributed by atoms with van der Waals surface area (Å²) in [5, 5.41) is 0. The Labute approximate surface area is 67.0 Å². The van der Waals surface area contributed by atoms with Crippen LogP contribution in [0.1, 0.15) is 5.56 Å². The van der Waals surface area contributed by atoms with E-state index in [-0.39, 0.29) is 0 Å². The highest BCUT2D eigenvalue weighted by Crippen LogP contribution is 2.16. The summed E-state index contributed by atoms with van der Waals surface area (Å²) in [6.07, 6.45) is 0.768. The number of para-hydroxylation sites is 1. The van der Waals surface area contributed by atoms with Crippen molar-refractivity contribution in [3.63, 3.8) is 0 Å². The molecular formula is C9H12NO. The maximum Gasteiger partial charge on any atom is 0.122 e. The number of methoxy groups -OCH3 is 1. The van der Waals surface area contributed by atoms with Gasteiger partial charge < -0.3 is 4.74 Å². The highest BCUT2D eigenvalue weighted by Gasteiger charge is 1.98. The number of benzene rings is 1. The maximum atomic E-state index is 7.06. The van der Waals surface area contributed by atoms with Gasteiger partial charge in [-0.2, -0.15) is 0 Å². The van der Waals surface area contributed by atoms with Crippen LogP contribution in [-0.2, 0) is 6.42 Å². The summed E-state index contributed by atoms with van der Waals surface area (Å²) in [5.74, 6) is 0.889. The van der Waals surface area contributed by atoms with E-state index in [1.807, 2.05) is 24.3 Å². The molecule has 0 aromatic heterocycles. The van der Waals surface area contributed by atoms with Crippen molar-refractivity contribution in [2.75, 3.05) is 13.7 Å². The number of nitrogens with one attached hydrogen (secondary N) is 1. The van der Waals surface area contributed by atoms with Crippen molar-refractivity contribution < 1.29 is 4.74 Å². The Bertz CT molecular complexity index is 223. The minimum absolute atomic E-state index is 0.417. The van der Waals surface area contributed by atoms with Crippen LogP contribution < -0.4 is 10.5 Å². The average Bonchev–Trinajstić information content (AvgIpc) is 2.06. The molecule has 0 saturated heterocycles. The second-order valence-corrected chi connectivity index (χ2v) is 2.31. The lowest BCUT2D eigenvalue weighted by atomic mass is 10.1. The van der Waals surface area contributed by atoms with Gasteiger partial charge in [-0.25, -0.2) is 0 Å². The molecule has 1 rings (SSSR count). The van der Waals surface area contributed by atoms with E-state index in [1.54, 1.807) is 7.11 Å². The third-order valence-electron chi connectivity index (χ3n) is 1.59. The van der Waals surface area contributed by atoms with Gasteiger partial charge in [0.15, 0.2) is 0 Å². The highest BCUT2D eigenvalue weighted by molar-refractivity contribution is 5.33. The Hall–Kier alpha value is -1.02. The first-order valence-electron chi connectivity index (χ1n) is 3.65. The smallest absolute Gasteiger partial charge is 0.122 e. The molecule has 0 spiro atoms. The molecule has 1 radical (unpaired) electrons. The van der Waals surface area contributed by atoms with Crippen molar-refractivity contribution in [1.82, 2.24) is 5.73 Å². The average molecular weight is 150 g/mol. The van der Waals surface area contributed by atoms with Crippen molar-refractivity contribution in [3.05, 3.63) is 29.8 Å². The zero-order valence-corrected chi connectivity index (χ0v) is 6.63.